The normalized spacial score (nSPS) is 17.4. The van der Waals surface area contributed by atoms with Gasteiger partial charge in [-0.1, -0.05) is 29.8 Å². The van der Waals surface area contributed by atoms with Crippen molar-refractivity contribution in [3.8, 4) is 0 Å². The average molecular weight is 313 g/mol. The molecule has 1 atom stereocenters. The number of aryl methyl sites for hydroxylation is 1. The molecule has 0 radical (unpaired) electrons. The van der Waals surface area contributed by atoms with Gasteiger partial charge in [0.15, 0.2) is 5.76 Å². The highest BCUT2D eigenvalue weighted by Crippen LogP contribution is 2.24. The van der Waals surface area contributed by atoms with Crippen molar-refractivity contribution < 1.29 is 19.1 Å². The summed E-state index contributed by atoms with van der Waals surface area (Å²) in [6.07, 6.45) is 3.82. The van der Waals surface area contributed by atoms with Crippen molar-refractivity contribution in [2.24, 2.45) is 0 Å². The zero-order valence-electron chi connectivity index (χ0n) is 13.0. The van der Waals surface area contributed by atoms with E-state index in [-0.39, 0.29) is 23.3 Å². The predicted octanol–water partition coefficient (Wildman–Crippen LogP) is 3.13. The molecular weight excluding hydrogens is 294 g/mol. The Kier molecular flexibility index (Phi) is 4.19. The average Bonchev–Trinajstić information content (AvgIpc) is 3.18. The summed E-state index contributed by atoms with van der Waals surface area (Å²) in [4.78, 5) is 25.3. The molecule has 1 aromatic carbocycles. The Labute approximate surface area is 134 Å². The number of hydrogen-bond donors (Lipinski definition) is 1. The molecule has 5 heteroatoms. The van der Waals surface area contributed by atoms with E-state index in [1.54, 1.807) is 4.90 Å². The van der Waals surface area contributed by atoms with Gasteiger partial charge in [-0.3, -0.25) is 4.79 Å². The molecule has 1 fully saturated rings. The first-order chi connectivity index (χ1) is 11.0. The van der Waals surface area contributed by atoms with Gasteiger partial charge < -0.3 is 14.4 Å². The molecule has 1 aliphatic rings. The Balaban J connectivity index is 1.73. The molecule has 1 amide bonds. The van der Waals surface area contributed by atoms with Crippen LogP contribution in [0.15, 0.2) is 41.0 Å². The van der Waals surface area contributed by atoms with E-state index in [9.17, 15) is 9.59 Å². The molecular formula is C18H19NO4. The number of amides is 1. The summed E-state index contributed by atoms with van der Waals surface area (Å²) in [6.45, 7) is 2.73. The SMILES string of the molecule is Cc1ccc(CC2CCCN2C(=O)c2cc(C(=O)O)co2)cc1. The molecule has 5 nitrogen and oxygen atoms in total. The van der Waals surface area contributed by atoms with Crippen LogP contribution in [0.2, 0.25) is 0 Å². The van der Waals surface area contributed by atoms with Gasteiger partial charge >= 0.3 is 5.97 Å². The lowest BCUT2D eigenvalue weighted by Gasteiger charge is -2.24. The Hall–Kier alpha value is -2.56. The summed E-state index contributed by atoms with van der Waals surface area (Å²) in [5, 5.41) is 8.93. The Morgan fingerprint density at radius 2 is 2.04 bits per heavy atom. The number of rotatable bonds is 4. The minimum atomic E-state index is -1.09. The zero-order valence-corrected chi connectivity index (χ0v) is 13.0. The number of carboxylic acid groups (broad SMARTS) is 1. The third-order valence-electron chi connectivity index (χ3n) is 4.29. The van der Waals surface area contributed by atoms with Crippen molar-refractivity contribution in [1.82, 2.24) is 4.90 Å². The number of carbonyl (C=O) groups is 2. The van der Waals surface area contributed by atoms with E-state index in [2.05, 4.69) is 24.3 Å². The third kappa shape index (κ3) is 3.28. The fraction of sp³-hybridized carbons (Fsp3) is 0.333. The number of carboxylic acids is 1. The van der Waals surface area contributed by atoms with Crippen molar-refractivity contribution >= 4 is 11.9 Å². The molecule has 1 unspecified atom stereocenters. The molecule has 1 saturated heterocycles. The summed E-state index contributed by atoms with van der Waals surface area (Å²) < 4.78 is 5.14. The van der Waals surface area contributed by atoms with Crippen LogP contribution in [0.3, 0.4) is 0 Å². The molecule has 1 aromatic heterocycles. The third-order valence-corrected chi connectivity index (χ3v) is 4.29. The van der Waals surface area contributed by atoms with Gasteiger partial charge in [0.1, 0.15) is 6.26 Å². The number of furan rings is 1. The number of likely N-dealkylation sites (tertiary alicyclic amines) is 1. The summed E-state index contributed by atoms with van der Waals surface area (Å²) >= 11 is 0. The van der Waals surface area contributed by atoms with Crippen LogP contribution in [0.1, 0.15) is 44.9 Å². The van der Waals surface area contributed by atoms with Crippen LogP contribution in [0.5, 0.6) is 0 Å². The van der Waals surface area contributed by atoms with Gasteiger partial charge in [-0.2, -0.15) is 0 Å². The lowest BCUT2D eigenvalue weighted by molar-refractivity contribution is 0.0690. The molecule has 3 rings (SSSR count). The Bertz CT molecular complexity index is 717. The van der Waals surface area contributed by atoms with E-state index < -0.39 is 5.97 Å². The van der Waals surface area contributed by atoms with Crippen LogP contribution in [-0.2, 0) is 6.42 Å². The molecule has 1 aliphatic heterocycles. The van der Waals surface area contributed by atoms with E-state index in [4.69, 9.17) is 9.52 Å². The summed E-state index contributed by atoms with van der Waals surface area (Å²) in [5.41, 5.74) is 2.42. The second-order valence-electron chi connectivity index (χ2n) is 5.99. The fourth-order valence-electron chi connectivity index (χ4n) is 3.01. The second-order valence-corrected chi connectivity index (χ2v) is 5.99. The van der Waals surface area contributed by atoms with E-state index >= 15 is 0 Å². The summed E-state index contributed by atoms with van der Waals surface area (Å²) in [5.74, 6) is -1.23. The van der Waals surface area contributed by atoms with Gasteiger partial charge in [-0.15, -0.1) is 0 Å². The number of nitrogens with zero attached hydrogens (tertiary/aromatic N) is 1. The number of aromatic carboxylic acids is 1. The summed E-state index contributed by atoms with van der Waals surface area (Å²) in [7, 11) is 0. The first kappa shape index (κ1) is 15.3. The van der Waals surface area contributed by atoms with Gasteiger partial charge in [0, 0.05) is 18.7 Å². The minimum Gasteiger partial charge on any atom is -0.478 e. The van der Waals surface area contributed by atoms with E-state index in [0.29, 0.717) is 6.54 Å². The van der Waals surface area contributed by atoms with Crippen molar-refractivity contribution in [3.05, 3.63) is 59.0 Å². The van der Waals surface area contributed by atoms with Gasteiger partial charge in [-0.25, -0.2) is 4.79 Å². The maximum absolute atomic E-state index is 12.6. The molecule has 2 aromatic rings. The highest BCUT2D eigenvalue weighted by atomic mass is 16.4. The van der Waals surface area contributed by atoms with E-state index in [1.165, 1.54) is 17.2 Å². The van der Waals surface area contributed by atoms with Gasteiger partial charge in [0.05, 0.1) is 5.56 Å². The molecule has 23 heavy (non-hydrogen) atoms. The fourth-order valence-corrected chi connectivity index (χ4v) is 3.01. The zero-order chi connectivity index (χ0) is 16.4. The standard InChI is InChI=1S/C18H19NO4/c1-12-4-6-13(7-5-12)9-15-3-2-8-19(15)17(20)16-10-14(11-23-16)18(21)22/h4-7,10-11,15H,2-3,8-9H2,1H3,(H,21,22). The van der Waals surface area contributed by atoms with Crippen LogP contribution < -0.4 is 0 Å². The van der Waals surface area contributed by atoms with Gasteiger partial charge in [-0.05, 0) is 31.7 Å². The number of carbonyl (C=O) groups excluding carboxylic acids is 1. The number of benzene rings is 1. The highest BCUT2D eigenvalue weighted by Gasteiger charge is 2.31. The monoisotopic (exact) mass is 313 g/mol. The van der Waals surface area contributed by atoms with E-state index in [1.807, 2.05) is 6.92 Å². The topological polar surface area (TPSA) is 70.8 Å². The maximum atomic E-state index is 12.6. The van der Waals surface area contributed by atoms with Gasteiger partial charge in [0.25, 0.3) is 5.91 Å². The highest BCUT2D eigenvalue weighted by molar-refractivity contribution is 5.95. The molecule has 0 aliphatic carbocycles. The molecule has 1 N–H and O–H groups in total. The van der Waals surface area contributed by atoms with Crippen LogP contribution in [0.25, 0.3) is 0 Å². The molecule has 120 valence electrons. The minimum absolute atomic E-state index is 0.00244. The van der Waals surface area contributed by atoms with Crippen LogP contribution in [0.4, 0.5) is 0 Å². The van der Waals surface area contributed by atoms with Crippen LogP contribution in [0, 0.1) is 6.92 Å². The smallest absolute Gasteiger partial charge is 0.338 e. The van der Waals surface area contributed by atoms with Crippen LogP contribution in [-0.4, -0.2) is 34.5 Å². The van der Waals surface area contributed by atoms with Crippen molar-refractivity contribution in [1.29, 1.82) is 0 Å². The number of hydrogen-bond acceptors (Lipinski definition) is 3. The largest absolute Gasteiger partial charge is 0.478 e. The second kappa shape index (κ2) is 6.28. The predicted molar refractivity (Wildman–Crippen MR) is 84.6 cm³/mol. The Morgan fingerprint density at radius 1 is 1.30 bits per heavy atom. The quantitative estimate of drug-likeness (QED) is 0.941. The van der Waals surface area contributed by atoms with Gasteiger partial charge in [0.2, 0.25) is 0 Å². The molecule has 2 heterocycles. The lowest BCUT2D eigenvalue weighted by Crippen LogP contribution is -2.36. The maximum Gasteiger partial charge on any atom is 0.338 e. The van der Waals surface area contributed by atoms with Crippen molar-refractivity contribution in [3.63, 3.8) is 0 Å². The molecule has 0 saturated carbocycles. The molecule has 0 spiro atoms. The van der Waals surface area contributed by atoms with Crippen LogP contribution >= 0.6 is 0 Å². The first-order valence-corrected chi connectivity index (χ1v) is 7.73. The first-order valence-electron chi connectivity index (χ1n) is 7.73. The Morgan fingerprint density at radius 3 is 2.70 bits per heavy atom. The van der Waals surface area contributed by atoms with Crippen molar-refractivity contribution in [2.45, 2.75) is 32.2 Å². The summed E-state index contributed by atoms with van der Waals surface area (Å²) in [6, 6.07) is 9.75. The lowest BCUT2D eigenvalue weighted by atomic mass is 10.0. The molecule has 0 bridgehead atoms. The van der Waals surface area contributed by atoms with E-state index in [0.717, 1.165) is 25.5 Å². The van der Waals surface area contributed by atoms with Crippen molar-refractivity contribution in [2.75, 3.05) is 6.54 Å².